The van der Waals surface area contributed by atoms with Gasteiger partial charge in [0.2, 0.25) is 11.8 Å². The summed E-state index contributed by atoms with van der Waals surface area (Å²) < 4.78 is 1.01. The van der Waals surface area contributed by atoms with E-state index in [0.29, 0.717) is 0 Å². The van der Waals surface area contributed by atoms with Crippen LogP contribution in [0.25, 0.3) is 10.1 Å². The number of likely N-dealkylation sites (N-methyl/N-ethyl adjacent to an activating group) is 1. The second-order valence-corrected chi connectivity index (χ2v) is 8.52. The van der Waals surface area contributed by atoms with Crippen LogP contribution in [0.1, 0.15) is 10.4 Å². The maximum absolute atomic E-state index is 13.1. The number of hydrogen-bond donors (Lipinski definition) is 5. The van der Waals surface area contributed by atoms with Crippen LogP contribution in [0.4, 0.5) is 0 Å². The predicted molar refractivity (Wildman–Crippen MR) is 121 cm³/mol. The summed E-state index contributed by atoms with van der Waals surface area (Å²) in [4.78, 5) is 38.2. The van der Waals surface area contributed by atoms with Crippen LogP contribution < -0.4 is 16.1 Å². The third-order valence-corrected chi connectivity index (χ3v) is 6.29. The van der Waals surface area contributed by atoms with Crippen molar-refractivity contribution in [3.8, 4) is 0 Å². The van der Waals surface area contributed by atoms with Crippen LogP contribution >= 0.6 is 11.3 Å². The topological polar surface area (TPSA) is 128 Å². The number of hydrogen-bond acceptors (Lipinski definition) is 6. The molecule has 1 aromatic heterocycles. The summed E-state index contributed by atoms with van der Waals surface area (Å²) in [6, 6.07) is 17.9. The van der Waals surface area contributed by atoms with E-state index in [0.717, 1.165) is 20.5 Å². The van der Waals surface area contributed by atoms with Crippen molar-refractivity contribution in [2.75, 3.05) is 7.05 Å². The number of thiophene rings is 1. The molecule has 0 saturated heterocycles. The molecule has 2 aromatic carbocycles. The Balaban J connectivity index is 1.83. The lowest BCUT2D eigenvalue weighted by molar-refractivity contribution is -0.146. The molecule has 3 atom stereocenters. The smallest absolute Gasteiger partial charge is 0.272 e. The van der Waals surface area contributed by atoms with Crippen molar-refractivity contribution in [3.63, 3.8) is 0 Å². The van der Waals surface area contributed by atoms with Crippen molar-refractivity contribution in [1.29, 1.82) is 0 Å². The summed E-state index contributed by atoms with van der Waals surface area (Å²) in [6.45, 7) is 0. The Bertz CT molecular complexity index is 1050. The van der Waals surface area contributed by atoms with E-state index in [1.54, 1.807) is 0 Å². The zero-order valence-electron chi connectivity index (χ0n) is 17.4. The summed E-state index contributed by atoms with van der Waals surface area (Å²) in [5.41, 5.74) is 2.24. The highest BCUT2D eigenvalue weighted by atomic mass is 32.1. The highest BCUT2D eigenvalue weighted by molar-refractivity contribution is 7.19. The molecule has 0 bridgehead atoms. The van der Waals surface area contributed by atoms with Gasteiger partial charge in [-0.1, -0.05) is 48.5 Å². The van der Waals surface area contributed by atoms with Gasteiger partial charge in [-0.3, -0.25) is 19.6 Å². The molecule has 3 rings (SSSR count). The van der Waals surface area contributed by atoms with Crippen LogP contribution in [0.2, 0.25) is 0 Å². The van der Waals surface area contributed by atoms with Gasteiger partial charge in [0.15, 0.2) is 0 Å². The van der Waals surface area contributed by atoms with Crippen LogP contribution in [0.15, 0.2) is 60.7 Å². The van der Waals surface area contributed by atoms with E-state index in [1.165, 1.54) is 23.9 Å². The predicted octanol–water partition coefficient (Wildman–Crippen LogP) is 1.40. The number of rotatable bonds is 9. The Morgan fingerprint density at radius 2 is 1.62 bits per heavy atom. The zero-order chi connectivity index (χ0) is 23.1. The highest BCUT2D eigenvalue weighted by Gasteiger charge is 2.35. The molecule has 168 valence electrons. The summed E-state index contributed by atoms with van der Waals surface area (Å²) in [7, 11) is 1.47. The highest BCUT2D eigenvalue weighted by Crippen LogP contribution is 2.28. The molecule has 0 fully saturated rings. The molecule has 0 aliphatic carbocycles. The molecule has 0 aliphatic rings. The molecule has 1 heterocycles. The fourth-order valence-corrected chi connectivity index (χ4v) is 4.59. The number of carbonyl (C=O) groups is 3. The lowest BCUT2D eigenvalue weighted by Gasteiger charge is -2.24. The molecule has 3 aromatic rings. The van der Waals surface area contributed by atoms with Crippen LogP contribution in [0.5, 0.6) is 0 Å². The maximum Gasteiger partial charge on any atom is 0.272 e. The minimum Gasteiger partial charge on any atom is -0.382 e. The first-order chi connectivity index (χ1) is 15.4. The number of aliphatic hydroxyl groups is 1. The monoisotopic (exact) mass is 455 g/mol. The Kier molecular flexibility index (Phi) is 7.93. The Labute approximate surface area is 189 Å². The number of aliphatic hydroxyl groups excluding tert-OH is 1. The average molecular weight is 456 g/mol. The third kappa shape index (κ3) is 5.70. The standard InChI is InChI=1S/C23H25N3O5S/c1-24-22(29)18(11-14-7-3-2-4-8-14)25-21(28)17(20(27)23(30)26-31)13-16-12-15-9-5-6-10-19(15)32-16/h2-10,12,17-18,20,27,31H,11,13H2,1H3,(H,24,29)(H,25,28)(H,26,30). The van der Waals surface area contributed by atoms with E-state index in [2.05, 4.69) is 10.6 Å². The molecular weight excluding hydrogens is 430 g/mol. The molecule has 5 N–H and O–H groups in total. The van der Waals surface area contributed by atoms with Gasteiger partial charge in [-0.15, -0.1) is 11.3 Å². The second-order valence-electron chi connectivity index (χ2n) is 7.35. The quantitative estimate of drug-likeness (QED) is 0.246. The molecule has 0 aliphatic heterocycles. The Hall–Kier alpha value is -3.27. The van der Waals surface area contributed by atoms with E-state index >= 15 is 0 Å². The van der Waals surface area contributed by atoms with E-state index in [1.807, 2.05) is 60.7 Å². The van der Waals surface area contributed by atoms with E-state index in [9.17, 15) is 19.5 Å². The van der Waals surface area contributed by atoms with Crippen molar-refractivity contribution in [3.05, 3.63) is 71.1 Å². The largest absolute Gasteiger partial charge is 0.382 e. The van der Waals surface area contributed by atoms with Gasteiger partial charge < -0.3 is 15.7 Å². The Morgan fingerprint density at radius 3 is 2.28 bits per heavy atom. The Morgan fingerprint density at radius 1 is 0.938 bits per heavy atom. The number of fused-ring (bicyclic) bond motifs is 1. The number of benzene rings is 2. The average Bonchev–Trinajstić information content (AvgIpc) is 3.23. The zero-order valence-corrected chi connectivity index (χ0v) is 18.3. The normalized spacial score (nSPS) is 13.7. The molecule has 8 nitrogen and oxygen atoms in total. The fourth-order valence-electron chi connectivity index (χ4n) is 3.46. The second kappa shape index (κ2) is 10.9. The van der Waals surface area contributed by atoms with Gasteiger partial charge in [-0.25, -0.2) is 5.48 Å². The van der Waals surface area contributed by atoms with Gasteiger partial charge >= 0.3 is 0 Å². The summed E-state index contributed by atoms with van der Waals surface area (Å²) in [5.74, 6) is -3.36. The molecule has 3 unspecified atom stereocenters. The molecular formula is C23H25N3O5S. The van der Waals surface area contributed by atoms with E-state index < -0.39 is 35.8 Å². The lowest BCUT2D eigenvalue weighted by Crippen LogP contribution is -2.52. The SMILES string of the molecule is CNC(=O)C(Cc1ccccc1)NC(=O)C(Cc1cc2ccccc2s1)C(O)C(=O)NO. The van der Waals surface area contributed by atoms with E-state index in [-0.39, 0.29) is 12.8 Å². The van der Waals surface area contributed by atoms with Crippen molar-refractivity contribution in [1.82, 2.24) is 16.1 Å². The molecule has 3 amide bonds. The van der Waals surface area contributed by atoms with Crippen LogP contribution in [0.3, 0.4) is 0 Å². The van der Waals surface area contributed by atoms with Crippen molar-refractivity contribution in [2.45, 2.75) is 25.0 Å². The van der Waals surface area contributed by atoms with E-state index in [4.69, 9.17) is 5.21 Å². The van der Waals surface area contributed by atoms with Gasteiger partial charge in [0.05, 0.1) is 5.92 Å². The summed E-state index contributed by atoms with van der Waals surface area (Å²) in [6.07, 6.45) is -1.50. The van der Waals surface area contributed by atoms with Crippen molar-refractivity contribution < 1.29 is 24.7 Å². The first-order valence-electron chi connectivity index (χ1n) is 10.1. The molecule has 9 heteroatoms. The van der Waals surface area contributed by atoms with Crippen molar-refractivity contribution in [2.24, 2.45) is 5.92 Å². The van der Waals surface area contributed by atoms with Crippen molar-refractivity contribution >= 4 is 39.1 Å². The lowest BCUT2D eigenvalue weighted by atomic mass is 9.94. The summed E-state index contributed by atoms with van der Waals surface area (Å²) >= 11 is 1.45. The number of hydroxylamine groups is 1. The minimum absolute atomic E-state index is 0.0611. The van der Waals surface area contributed by atoms with Gasteiger partial charge in [-0.05, 0) is 29.5 Å². The van der Waals surface area contributed by atoms with Crippen LogP contribution in [0, 0.1) is 5.92 Å². The number of amides is 3. The minimum atomic E-state index is -1.80. The molecule has 32 heavy (non-hydrogen) atoms. The van der Waals surface area contributed by atoms with Crippen LogP contribution in [-0.2, 0) is 27.2 Å². The number of carbonyl (C=O) groups excluding carboxylic acids is 3. The van der Waals surface area contributed by atoms with Gasteiger partial charge in [0.25, 0.3) is 5.91 Å². The third-order valence-electron chi connectivity index (χ3n) is 5.16. The van der Waals surface area contributed by atoms with Gasteiger partial charge in [0.1, 0.15) is 12.1 Å². The first-order valence-corrected chi connectivity index (χ1v) is 10.9. The van der Waals surface area contributed by atoms with Gasteiger partial charge in [0, 0.05) is 23.0 Å². The molecule has 0 radical (unpaired) electrons. The summed E-state index contributed by atoms with van der Waals surface area (Å²) in [5, 5.41) is 25.6. The maximum atomic E-state index is 13.1. The van der Waals surface area contributed by atoms with Crippen LogP contribution in [-0.4, -0.2) is 47.2 Å². The molecule has 0 saturated carbocycles. The fraction of sp³-hybridized carbons (Fsp3) is 0.261. The first kappa shape index (κ1) is 23.4. The van der Waals surface area contributed by atoms with Gasteiger partial charge in [-0.2, -0.15) is 0 Å². The molecule has 0 spiro atoms. The number of nitrogens with one attached hydrogen (secondary N) is 3.